The number of anilines is 1. The molecule has 0 atom stereocenters. The number of nitrogen functional groups attached to an aromatic ring is 1. The molecule has 0 amide bonds. The number of aromatic nitrogens is 1. The Morgan fingerprint density at radius 3 is 2.42 bits per heavy atom. The molecular formula is C8H13BrN2O. The molecule has 3 nitrogen and oxygen atoms in total. The van der Waals surface area contributed by atoms with E-state index in [1.165, 1.54) is 0 Å². The molecule has 1 aromatic rings. The van der Waals surface area contributed by atoms with E-state index in [9.17, 15) is 4.79 Å². The van der Waals surface area contributed by atoms with Crippen LogP contribution in [0.4, 0.5) is 5.69 Å². The van der Waals surface area contributed by atoms with Gasteiger partial charge in [-0.05, 0) is 28.4 Å². The number of aromatic amines is 1. The summed E-state index contributed by atoms with van der Waals surface area (Å²) < 4.78 is 0.824. The molecular weight excluding hydrogens is 220 g/mol. The number of nitrogens with one attached hydrogen (secondary N) is 1. The van der Waals surface area contributed by atoms with E-state index in [0.717, 1.165) is 10.0 Å². The van der Waals surface area contributed by atoms with Crippen LogP contribution in [-0.2, 0) is 0 Å². The van der Waals surface area contributed by atoms with E-state index >= 15 is 0 Å². The second kappa shape index (κ2) is 4.98. The first kappa shape index (κ1) is 11.2. The number of rotatable bonds is 0. The summed E-state index contributed by atoms with van der Waals surface area (Å²) in [5.74, 6) is 0. The molecule has 0 bridgehead atoms. The van der Waals surface area contributed by atoms with Crippen molar-refractivity contribution >= 4 is 21.6 Å². The van der Waals surface area contributed by atoms with Gasteiger partial charge in [0.2, 0.25) is 0 Å². The summed E-state index contributed by atoms with van der Waals surface area (Å²) in [6.07, 6.45) is 1.58. The highest BCUT2D eigenvalue weighted by Gasteiger charge is 2.00. The molecule has 1 heterocycles. The lowest BCUT2D eigenvalue weighted by atomic mass is 10.3. The van der Waals surface area contributed by atoms with Gasteiger partial charge in [0.25, 0.3) is 5.56 Å². The number of nitrogens with two attached hydrogens (primary N) is 1. The van der Waals surface area contributed by atoms with Gasteiger partial charge < -0.3 is 10.7 Å². The largest absolute Gasteiger partial charge is 0.394 e. The van der Waals surface area contributed by atoms with Crippen molar-refractivity contribution in [1.82, 2.24) is 4.98 Å². The Morgan fingerprint density at radius 1 is 1.50 bits per heavy atom. The van der Waals surface area contributed by atoms with Crippen molar-refractivity contribution in [3.8, 4) is 0 Å². The quantitative estimate of drug-likeness (QED) is 0.720. The topological polar surface area (TPSA) is 58.9 Å². The Morgan fingerprint density at radius 2 is 2.00 bits per heavy atom. The van der Waals surface area contributed by atoms with E-state index < -0.39 is 0 Å². The first-order valence-electron chi connectivity index (χ1n) is 3.76. The fraction of sp³-hybridized carbons (Fsp3) is 0.375. The van der Waals surface area contributed by atoms with Crippen LogP contribution in [0, 0.1) is 6.92 Å². The maximum Gasteiger partial charge on any atom is 0.271 e. The summed E-state index contributed by atoms with van der Waals surface area (Å²) in [7, 11) is 0. The Bertz CT molecular complexity index is 306. The fourth-order valence-electron chi connectivity index (χ4n) is 0.614. The van der Waals surface area contributed by atoms with Crippen LogP contribution in [-0.4, -0.2) is 4.98 Å². The average molecular weight is 233 g/mol. The van der Waals surface area contributed by atoms with Gasteiger partial charge in [-0.3, -0.25) is 4.79 Å². The van der Waals surface area contributed by atoms with Gasteiger partial charge in [0.1, 0.15) is 5.69 Å². The molecule has 4 heteroatoms. The van der Waals surface area contributed by atoms with Gasteiger partial charge in [-0.25, -0.2) is 0 Å². The molecule has 0 aliphatic heterocycles. The summed E-state index contributed by atoms with van der Waals surface area (Å²) in [6.45, 7) is 5.79. The molecule has 12 heavy (non-hydrogen) atoms. The second-order valence-corrected chi connectivity index (χ2v) is 2.86. The van der Waals surface area contributed by atoms with Gasteiger partial charge >= 0.3 is 0 Å². The lowest BCUT2D eigenvalue weighted by molar-refractivity contribution is 1.20. The number of halogens is 1. The van der Waals surface area contributed by atoms with Crippen molar-refractivity contribution in [2.75, 3.05) is 5.73 Å². The van der Waals surface area contributed by atoms with Crippen LogP contribution in [0.2, 0.25) is 0 Å². The van der Waals surface area contributed by atoms with Crippen molar-refractivity contribution in [2.24, 2.45) is 0 Å². The highest BCUT2D eigenvalue weighted by molar-refractivity contribution is 9.10. The van der Waals surface area contributed by atoms with Crippen molar-refractivity contribution in [3.63, 3.8) is 0 Å². The van der Waals surface area contributed by atoms with Gasteiger partial charge in [0, 0.05) is 10.7 Å². The molecule has 3 N–H and O–H groups in total. The third kappa shape index (κ3) is 2.37. The predicted octanol–water partition coefficient (Wildman–Crippen LogP) is 2.05. The van der Waals surface area contributed by atoms with Crippen molar-refractivity contribution in [3.05, 3.63) is 26.6 Å². The summed E-state index contributed by atoms with van der Waals surface area (Å²) in [4.78, 5) is 13.3. The Hall–Kier alpha value is -0.770. The third-order valence-electron chi connectivity index (χ3n) is 1.34. The zero-order valence-electron chi connectivity index (χ0n) is 7.44. The SMILES string of the molecule is CC.Cc1c(Br)c[nH]c(=O)c1N. The standard InChI is InChI=1S/C6H7BrN2O.C2H6/c1-3-4(7)2-9-6(10)5(3)8;1-2/h2H,8H2,1H3,(H,9,10);1-2H3. The summed E-state index contributed by atoms with van der Waals surface area (Å²) in [5.41, 5.74) is 6.23. The maximum atomic E-state index is 10.8. The average Bonchev–Trinajstić information content (AvgIpc) is 2.12. The highest BCUT2D eigenvalue weighted by Crippen LogP contribution is 2.15. The zero-order valence-corrected chi connectivity index (χ0v) is 9.03. The van der Waals surface area contributed by atoms with Crippen LogP contribution in [0.5, 0.6) is 0 Å². The summed E-state index contributed by atoms with van der Waals surface area (Å²) in [5, 5.41) is 0. The van der Waals surface area contributed by atoms with Crippen LogP contribution in [0.3, 0.4) is 0 Å². The molecule has 0 aliphatic carbocycles. The molecule has 0 fully saturated rings. The normalized spacial score (nSPS) is 8.67. The van der Waals surface area contributed by atoms with Crippen LogP contribution in [0.25, 0.3) is 0 Å². The number of pyridine rings is 1. The molecule has 0 saturated heterocycles. The minimum atomic E-state index is -0.235. The monoisotopic (exact) mass is 232 g/mol. The van der Waals surface area contributed by atoms with Crippen LogP contribution >= 0.6 is 15.9 Å². The first-order valence-corrected chi connectivity index (χ1v) is 4.55. The predicted molar refractivity (Wildman–Crippen MR) is 55.3 cm³/mol. The molecule has 0 saturated carbocycles. The van der Waals surface area contributed by atoms with Gasteiger partial charge in [-0.15, -0.1) is 0 Å². The van der Waals surface area contributed by atoms with Crippen LogP contribution in [0.1, 0.15) is 19.4 Å². The number of hydrogen-bond acceptors (Lipinski definition) is 2. The molecule has 0 spiro atoms. The summed E-state index contributed by atoms with van der Waals surface area (Å²) in [6, 6.07) is 0. The molecule has 0 aromatic carbocycles. The maximum absolute atomic E-state index is 10.8. The van der Waals surface area contributed by atoms with Crippen molar-refractivity contribution in [2.45, 2.75) is 20.8 Å². The molecule has 1 aromatic heterocycles. The van der Waals surface area contributed by atoms with Gasteiger partial charge in [-0.1, -0.05) is 13.8 Å². The molecule has 0 radical (unpaired) electrons. The first-order chi connectivity index (χ1) is 5.63. The van der Waals surface area contributed by atoms with Gasteiger partial charge in [-0.2, -0.15) is 0 Å². The Labute approximate surface area is 80.1 Å². The molecule has 1 rings (SSSR count). The number of H-pyrrole nitrogens is 1. The lowest BCUT2D eigenvalue weighted by Gasteiger charge is -1.98. The van der Waals surface area contributed by atoms with Crippen molar-refractivity contribution < 1.29 is 0 Å². The minimum absolute atomic E-state index is 0.235. The smallest absolute Gasteiger partial charge is 0.271 e. The second-order valence-electron chi connectivity index (χ2n) is 2.00. The van der Waals surface area contributed by atoms with Gasteiger partial charge in [0.15, 0.2) is 0 Å². The van der Waals surface area contributed by atoms with Crippen LogP contribution in [0.15, 0.2) is 15.5 Å². The zero-order chi connectivity index (χ0) is 9.72. The minimum Gasteiger partial charge on any atom is -0.394 e. The van der Waals surface area contributed by atoms with E-state index in [-0.39, 0.29) is 11.2 Å². The highest BCUT2D eigenvalue weighted by atomic mass is 79.9. The van der Waals surface area contributed by atoms with Crippen molar-refractivity contribution in [1.29, 1.82) is 0 Å². The Balaban J connectivity index is 0.000000561. The Kier molecular flexibility index (Phi) is 4.66. The molecule has 68 valence electrons. The fourth-order valence-corrected chi connectivity index (χ4v) is 0.942. The third-order valence-corrected chi connectivity index (χ3v) is 2.16. The van der Waals surface area contributed by atoms with E-state index in [1.54, 1.807) is 13.1 Å². The lowest BCUT2D eigenvalue weighted by Crippen LogP contribution is -2.12. The number of hydrogen-bond donors (Lipinski definition) is 2. The van der Waals surface area contributed by atoms with E-state index in [1.807, 2.05) is 13.8 Å². The summed E-state index contributed by atoms with van der Waals surface area (Å²) >= 11 is 3.23. The van der Waals surface area contributed by atoms with E-state index in [0.29, 0.717) is 0 Å². The molecule has 0 aliphatic rings. The van der Waals surface area contributed by atoms with Gasteiger partial charge in [0.05, 0.1) is 0 Å². The van der Waals surface area contributed by atoms with E-state index in [4.69, 9.17) is 5.73 Å². The van der Waals surface area contributed by atoms with Crippen LogP contribution < -0.4 is 11.3 Å². The molecule has 0 unspecified atom stereocenters. The van der Waals surface area contributed by atoms with E-state index in [2.05, 4.69) is 20.9 Å².